The number of ether oxygens (including phenoxy) is 1. The Hall–Kier alpha value is -2.84. The van der Waals surface area contributed by atoms with Crippen LogP contribution in [-0.4, -0.2) is 42.8 Å². The highest BCUT2D eigenvalue weighted by Crippen LogP contribution is 2.20. The van der Waals surface area contributed by atoms with Gasteiger partial charge in [-0.25, -0.2) is 27.5 Å². The van der Waals surface area contributed by atoms with Crippen molar-refractivity contribution in [1.82, 2.24) is 14.3 Å². The van der Waals surface area contributed by atoms with Gasteiger partial charge in [-0.3, -0.25) is 0 Å². The van der Waals surface area contributed by atoms with Gasteiger partial charge in [-0.05, 0) is 43.7 Å². The van der Waals surface area contributed by atoms with E-state index in [0.29, 0.717) is 17.0 Å². The van der Waals surface area contributed by atoms with Crippen molar-refractivity contribution in [1.29, 1.82) is 0 Å². The van der Waals surface area contributed by atoms with Crippen molar-refractivity contribution < 1.29 is 17.9 Å². The molecule has 0 saturated heterocycles. The lowest BCUT2D eigenvalue weighted by molar-refractivity contribution is 0.0466. The van der Waals surface area contributed by atoms with E-state index in [1.54, 1.807) is 19.9 Å². The van der Waals surface area contributed by atoms with E-state index in [-0.39, 0.29) is 17.1 Å². The summed E-state index contributed by atoms with van der Waals surface area (Å²) in [6.45, 7) is 3.48. The Balaban J connectivity index is 1.85. The molecule has 0 aliphatic rings. The zero-order valence-corrected chi connectivity index (χ0v) is 16.9. The van der Waals surface area contributed by atoms with Gasteiger partial charge in [-0.15, -0.1) is 0 Å². The number of rotatable bonds is 5. The third kappa shape index (κ3) is 3.88. The van der Waals surface area contributed by atoms with Crippen LogP contribution in [0.5, 0.6) is 0 Å². The van der Waals surface area contributed by atoms with E-state index >= 15 is 0 Å². The molecule has 3 aromatic rings. The van der Waals surface area contributed by atoms with Crippen molar-refractivity contribution in [3.05, 3.63) is 65.0 Å². The van der Waals surface area contributed by atoms with Crippen molar-refractivity contribution in [3.8, 4) is 0 Å². The summed E-state index contributed by atoms with van der Waals surface area (Å²) in [6, 6.07) is 11.9. The molecule has 0 spiro atoms. The molecule has 0 amide bonds. The summed E-state index contributed by atoms with van der Waals surface area (Å²) in [4.78, 5) is 21.6. The number of sulfonamides is 1. The SMILES string of the molecule is Cc1ccc(S(=O)(=O)N(C)C)cc1C(=O)OCc1nc2ccccc2nc1C. The van der Waals surface area contributed by atoms with Gasteiger partial charge >= 0.3 is 5.97 Å². The second-order valence-electron chi connectivity index (χ2n) is 6.58. The number of carbonyl (C=O) groups excluding carboxylic acids is 1. The lowest BCUT2D eigenvalue weighted by Gasteiger charge is -2.14. The van der Waals surface area contributed by atoms with Crippen molar-refractivity contribution in [2.24, 2.45) is 0 Å². The van der Waals surface area contributed by atoms with Crippen LogP contribution >= 0.6 is 0 Å². The maximum atomic E-state index is 12.6. The van der Waals surface area contributed by atoms with Gasteiger partial charge in [0.25, 0.3) is 0 Å². The lowest BCUT2D eigenvalue weighted by atomic mass is 10.1. The summed E-state index contributed by atoms with van der Waals surface area (Å²) in [5, 5.41) is 0. The number of aryl methyl sites for hydroxylation is 2. The first kappa shape index (κ1) is 19.9. The van der Waals surface area contributed by atoms with Gasteiger partial charge in [0.1, 0.15) is 6.61 Å². The summed E-state index contributed by atoms with van der Waals surface area (Å²) in [6.07, 6.45) is 0. The molecule has 28 heavy (non-hydrogen) atoms. The monoisotopic (exact) mass is 399 g/mol. The zero-order valence-electron chi connectivity index (χ0n) is 16.1. The minimum absolute atomic E-state index is 0.0386. The molecule has 0 N–H and O–H groups in total. The minimum Gasteiger partial charge on any atom is -0.455 e. The van der Waals surface area contributed by atoms with Gasteiger partial charge in [-0.2, -0.15) is 0 Å². The number of benzene rings is 2. The summed E-state index contributed by atoms with van der Waals surface area (Å²) in [5.74, 6) is -0.609. The molecule has 146 valence electrons. The summed E-state index contributed by atoms with van der Waals surface area (Å²) >= 11 is 0. The zero-order chi connectivity index (χ0) is 20.5. The third-order valence-corrected chi connectivity index (χ3v) is 6.20. The second kappa shape index (κ2) is 7.65. The van der Waals surface area contributed by atoms with Crippen LogP contribution < -0.4 is 0 Å². The van der Waals surface area contributed by atoms with Gasteiger partial charge in [0, 0.05) is 14.1 Å². The van der Waals surface area contributed by atoms with Crippen LogP contribution in [0.4, 0.5) is 0 Å². The lowest BCUT2D eigenvalue weighted by Crippen LogP contribution is -2.22. The van der Waals surface area contributed by atoms with Crippen molar-refractivity contribution >= 4 is 27.0 Å². The molecule has 0 saturated carbocycles. The molecular weight excluding hydrogens is 378 g/mol. The summed E-state index contributed by atoms with van der Waals surface area (Å²) in [7, 11) is -0.767. The number of nitrogens with zero attached hydrogens (tertiary/aromatic N) is 3. The molecule has 1 heterocycles. The Morgan fingerprint density at radius 1 is 1.04 bits per heavy atom. The molecule has 0 fully saturated rings. The van der Waals surface area contributed by atoms with Crippen LogP contribution in [0.3, 0.4) is 0 Å². The molecular formula is C20H21N3O4S. The van der Waals surface area contributed by atoms with Gasteiger partial charge in [0.2, 0.25) is 10.0 Å². The summed E-state index contributed by atoms with van der Waals surface area (Å²) in [5.41, 5.74) is 3.55. The van der Waals surface area contributed by atoms with Crippen LogP contribution in [0.15, 0.2) is 47.4 Å². The molecule has 0 aliphatic heterocycles. The number of esters is 1. The number of fused-ring (bicyclic) bond motifs is 1. The molecule has 0 bridgehead atoms. The Labute approximate surface area is 164 Å². The maximum Gasteiger partial charge on any atom is 0.338 e. The highest BCUT2D eigenvalue weighted by Gasteiger charge is 2.21. The number of para-hydroxylation sites is 2. The Morgan fingerprint density at radius 2 is 1.68 bits per heavy atom. The van der Waals surface area contributed by atoms with E-state index in [1.807, 2.05) is 24.3 Å². The molecule has 2 aromatic carbocycles. The van der Waals surface area contributed by atoms with E-state index in [0.717, 1.165) is 15.3 Å². The number of hydrogen-bond acceptors (Lipinski definition) is 6. The average Bonchev–Trinajstić information content (AvgIpc) is 2.66. The average molecular weight is 399 g/mol. The fourth-order valence-electron chi connectivity index (χ4n) is 2.67. The number of hydrogen-bond donors (Lipinski definition) is 0. The molecule has 0 unspecified atom stereocenters. The highest BCUT2D eigenvalue weighted by molar-refractivity contribution is 7.89. The Morgan fingerprint density at radius 3 is 2.32 bits per heavy atom. The van der Waals surface area contributed by atoms with Crippen LogP contribution in [-0.2, 0) is 21.4 Å². The van der Waals surface area contributed by atoms with Gasteiger partial charge < -0.3 is 4.74 Å². The van der Waals surface area contributed by atoms with Crippen molar-refractivity contribution in [3.63, 3.8) is 0 Å². The molecule has 1 aromatic heterocycles. The highest BCUT2D eigenvalue weighted by atomic mass is 32.2. The Kier molecular flexibility index (Phi) is 5.44. The first-order chi connectivity index (χ1) is 13.2. The normalized spacial score (nSPS) is 11.8. The third-order valence-electron chi connectivity index (χ3n) is 4.39. The van der Waals surface area contributed by atoms with E-state index in [9.17, 15) is 13.2 Å². The van der Waals surface area contributed by atoms with Crippen molar-refractivity contribution in [2.75, 3.05) is 14.1 Å². The van der Waals surface area contributed by atoms with Crippen LogP contribution in [0, 0.1) is 13.8 Å². The van der Waals surface area contributed by atoms with E-state index in [2.05, 4.69) is 9.97 Å². The van der Waals surface area contributed by atoms with E-state index < -0.39 is 16.0 Å². The van der Waals surface area contributed by atoms with Gasteiger partial charge in [-0.1, -0.05) is 18.2 Å². The molecule has 0 radical (unpaired) electrons. The maximum absolute atomic E-state index is 12.6. The predicted octanol–water partition coefficient (Wildman–Crippen LogP) is 2.85. The number of aromatic nitrogens is 2. The fourth-order valence-corrected chi connectivity index (χ4v) is 3.59. The summed E-state index contributed by atoms with van der Waals surface area (Å²) < 4.78 is 31.1. The first-order valence-corrected chi connectivity index (χ1v) is 10.1. The largest absolute Gasteiger partial charge is 0.455 e. The van der Waals surface area contributed by atoms with Crippen LogP contribution in [0.1, 0.15) is 27.3 Å². The topological polar surface area (TPSA) is 89.5 Å². The minimum atomic E-state index is -3.64. The number of carbonyl (C=O) groups is 1. The van der Waals surface area contributed by atoms with Gasteiger partial charge in [0.15, 0.2) is 0 Å². The fraction of sp³-hybridized carbons (Fsp3) is 0.250. The quantitative estimate of drug-likeness (QED) is 0.613. The molecule has 7 nitrogen and oxygen atoms in total. The smallest absolute Gasteiger partial charge is 0.338 e. The van der Waals surface area contributed by atoms with E-state index in [4.69, 9.17) is 4.74 Å². The molecule has 0 aliphatic carbocycles. The molecule has 0 atom stereocenters. The Bertz CT molecular complexity index is 1160. The predicted molar refractivity (Wildman–Crippen MR) is 105 cm³/mol. The van der Waals surface area contributed by atoms with Gasteiger partial charge in [0.05, 0.1) is 32.9 Å². The second-order valence-corrected chi connectivity index (χ2v) is 8.74. The standard InChI is InChI=1S/C20H21N3O4S/c1-13-9-10-15(28(25,26)23(3)4)11-16(13)20(24)27-12-19-14(2)21-17-7-5-6-8-18(17)22-19/h5-11H,12H2,1-4H3. The van der Waals surface area contributed by atoms with Crippen LogP contribution in [0.25, 0.3) is 11.0 Å². The van der Waals surface area contributed by atoms with Crippen LogP contribution in [0.2, 0.25) is 0 Å². The van der Waals surface area contributed by atoms with Crippen molar-refractivity contribution in [2.45, 2.75) is 25.3 Å². The van der Waals surface area contributed by atoms with E-state index in [1.165, 1.54) is 26.2 Å². The first-order valence-electron chi connectivity index (χ1n) is 8.62. The molecule has 3 rings (SSSR count). The molecule has 8 heteroatoms.